The number of rotatable bonds is 9. The van der Waals surface area contributed by atoms with Crippen LogP contribution >= 0.6 is 0 Å². The summed E-state index contributed by atoms with van der Waals surface area (Å²) in [5.41, 5.74) is 0.642. The van der Waals surface area contributed by atoms with Gasteiger partial charge in [0, 0.05) is 6.04 Å². The maximum atomic E-state index is 13.1. The van der Waals surface area contributed by atoms with Crippen molar-refractivity contribution in [3.63, 3.8) is 0 Å². The SMILES string of the molecule is Cc1cc(OCCCCCCNC2CC2)ccc1F. The first kappa shape index (κ1) is 14.3. The number of nitrogens with one attached hydrogen (secondary N) is 1. The van der Waals surface area contributed by atoms with Gasteiger partial charge >= 0.3 is 0 Å². The Bertz CT molecular complexity index is 390. The molecule has 1 aromatic rings. The van der Waals surface area contributed by atoms with Crippen LogP contribution in [0.5, 0.6) is 5.75 Å². The van der Waals surface area contributed by atoms with E-state index in [1.807, 2.05) is 0 Å². The summed E-state index contributed by atoms with van der Waals surface area (Å²) in [5, 5.41) is 3.52. The van der Waals surface area contributed by atoms with E-state index in [-0.39, 0.29) is 5.82 Å². The summed E-state index contributed by atoms with van der Waals surface area (Å²) in [4.78, 5) is 0. The van der Waals surface area contributed by atoms with E-state index in [1.165, 1.54) is 38.2 Å². The molecule has 0 bridgehead atoms. The minimum atomic E-state index is -0.171. The molecular formula is C16H24FNO. The van der Waals surface area contributed by atoms with Crippen molar-refractivity contribution in [3.05, 3.63) is 29.6 Å². The molecule has 1 aliphatic rings. The van der Waals surface area contributed by atoms with Crippen molar-refractivity contribution >= 4 is 0 Å². The molecule has 0 atom stereocenters. The summed E-state index contributed by atoms with van der Waals surface area (Å²) in [7, 11) is 0. The Morgan fingerprint density at radius 3 is 2.74 bits per heavy atom. The Balaban J connectivity index is 1.47. The molecule has 0 spiro atoms. The van der Waals surface area contributed by atoms with Gasteiger partial charge in [-0.1, -0.05) is 12.8 Å². The van der Waals surface area contributed by atoms with E-state index >= 15 is 0 Å². The summed E-state index contributed by atoms with van der Waals surface area (Å²) in [6, 6.07) is 5.75. The quantitative estimate of drug-likeness (QED) is 0.685. The molecule has 0 aromatic heterocycles. The van der Waals surface area contributed by atoms with Crippen LogP contribution in [0.4, 0.5) is 4.39 Å². The molecule has 1 aliphatic carbocycles. The lowest BCUT2D eigenvalue weighted by Crippen LogP contribution is -2.17. The zero-order valence-corrected chi connectivity index (χ0v) is 11.8. The van der Waals surface area contributed by atoms with Crippen molar-refractivity contribution in [2.45, 2.75) is 51.5 Å². The van der Waals surface area contributed by atoms with Gasteiger partial charge in [0.2, 0.25) is 0 Å². The second-order valence-electron chi connectivity index (χ2n) is 5.40. The average molecular weight is 265 g/mol. The highest BCUT2D eigenvalue weighted by Crippen LogP contribution is 2.18. The Morgan fingerprint density at radius 1 is 1.21 bits per heavy atom. The van der Waals surface area contributed by atoms with E-state index in [0.717, 1.165) is 31.4 Å². The fourth-order valence-electron chi connectivity index (χ4n) is 2.07. The van der Waals surface area contributed by atoms with Crippen LogP contribution in [-0.2, 0) is 0 Å². The molecule has 19 heavy (non-hydrogen) atoms. The summed E-state index contributed by atoms with van der Waals surface area (Å²) >= 11 is 0. The average Bonchev–Trinajstić information content (AvgIpc) is 3.21. The summed E-state index contributed by atoms with van der Waals surface area (Å²) in [6.45, 7) is 3.64. The molecule has 106 valence electrons. The van der Waals surface area contributed by atoms with E-state index in [4.69, 9.17) is 4.74 Å². The van der Waals surface area contributed by atoms with Crippen molar-refractivity contribution in [2.75, 3.05) is 13.2 Å². The van der Waals surface area contributed by atoms with Crippen LogP contribution in [0.1, 0.15) is 44.1 Å². The second-order valence-corrected chi connectivity index (χ2v) is 5.40. The number of hydrogen-bond acceptors (Lipinski definition) is 2. The Kier molecular flexibility index (Phi) is 5.64. The van der Waals surface area contributed by atoms with Gasteiger partial charge in [-0.25, -0.2) is 4.39 Å². The normalized spacial score (nSPS) is 14.6. The van der Waals surface area contributed by atoms with Gasteiger partial charge in [0.05, 0.1) is 6.61 Å². The lowest BCUT2D eigenvalue weighted by atomic mass is 10.2. The summed E-state index contributed by atoms with van der Waals surface area (Å²) < 4.78 is 18.7. The molecule has 0 heterocycles. The largest absolute Gasteiger partial charge is 0.494 e. The minimum Gasteiger partial charge on any atom is -0.494 e. The third-order valence-electron chi connectivity index (χ3n) is 3.48. The fraction of sp³-hybridized carbons (Fsp3) is 0.625. The third kappa shape index (κ3) is 5.60. The number of hydrogen-bond donors (Lipinski definition) is 1. The van der Waals surface area contributed by atoms with Crippen LogP contribution in [-0.4, -0.2) is 19.2 Å². The Hall–Kier alpha value is -1.09. The smallest absolute Gasteiger partial charge is 0.126 e. The van der Waals surface area contributed by atoms with E-state index < -0.39 is 0 Å². The van der Waals surface area contributed by atoms with Gasteiger partial charge in [-0.3, -0.25) is 0 Å². The highest BCUT2D eigenvalue weighted by Gasteiger charge is 2.19. The van der Waals surface area contributed by atoms with Gasteiger partial charge in [0.15, 0.2) is 0 Å². The van der Waals surface area contributed by atoms with Crippen LogP contribution < -0.4 is 10.1 Å². The molecule has 0 saturated heterocycles. The second kappa shape index (κ2) is 7.49. The number of aryl methyl sites for hydroxylation is 1. The maximum absolute atomic E-state index is 13.1. The molecule has 3 heteroatoms. The van der Waals surface area contributed by atoms with Crippen molar-refractivity contribution in [2.24, 2.45) is 0 Å². The first-order chi connectivity index (χ1) is 9.25. The Labute approximate surface area is 115 Å². The molecule has 2 rings (SSSR count). The molecule has 1 saturated carbocycles. The van der Waals surface area contributed by atoms with Gasteiger partial charge in [-0.15, -0.1) is 0 Å². The molecule has 1 fully saturated rings. The first-order valence-electron chi connectivity index (χ1n) is 7.38. The lowest BCUT2D eigenvalue weighted by Gasteiger charge is -2.07. The van der Waals surface area contributed by atoms with Gasteiger partial charge in [-0.05, 0) is 62.9 Å². The first-order valence-corrected chi connectivity index (χ1v) is 7.38. The van der Waals surface area contributed by atoms with Gasteiger partial charge in [-0.2, -0.15) is 0 Å². The monoisotopic (exact) mass is 265 g/mol. The standard InChI is InChI=1S/C16H24FNO/c1-13-12-15(8-9-16(13)17)19-11-5-3-2-4-10-18-14-6-7-14/h8-9,12,14,18H,2-7,10-11H2,1H3. The van der Waals surface area contributed by atoms with E-state index in [0.29, 0.717) is 5.56 Å². The zero-order valence-electron chi connectivity index (χ0n) is 11.8. The number of halogens is 1. The van der Waals surface area contributed by atoms with E-state index in [9.17, 15) is 4.39 Å². The number of benzene rings is 1. The van der Waals surface area contributed by atoms with Gasteiger partial charge < -0.3 is 10.1 Å². The van der Waals surface area contributed by atoms with E-state index in [2.05, 4.69) is 5.32 Å². The predicted molar refractivity (Wildman–Crippen MR) is 76.1 cm³/mol. The topological polar surface area (TPSA) is 21.3 Å². The lowest BCUT2D eigenvalue weighted by molar-refractivity contribution is 0.304. The van der Waals surface area contributed by atoms with Gasteiger partial charge in [0.1, 0.15) is 11.6 Å². The van der Waals surface area contributed by atoms with Crippen LogP contribution in [0.2, 0.25) is 0 Å². The minimum absolute atomic E-state index is 0.171. The molecule has 2 nitrogen and oxygen atoms in total. The summed E-state index contributed by atoms with van der Waals surface area (Å²) in [6.07, 6.45) is 7.51. The van der Waals surface area contributed by atoms with Crippen molar-refractivity contribution in [1.29, 1.82) is 0 Å². The van der Waals surface area contributed by atoms with Crippen molar-refractivity contribution in [1.82, 2.24) is 5.32 Å². The predicted octanol–water partition coefficient (Wildman–Crippen LogP) is 3.83. The third-order valence-corrected chi connectivity index (χ3v) is 3.48. The molecular weight excluding hydrogens is 241 g/mol. The van der Waals surface area contributed by atoms with Crippen LogP contribution in [0, 0.1) is 12.7 Å². The van der Waals surface area contributed by atoms with Crippen molar-refractivity contribution < 1.29 is 9.13 Å². The highest BCUT2D eigenvalue weighted by atomic mass is 19.1. The molecule has 0 amide bonds. The molecule has 0 radical (unpaired) electrons. The number of ether oxygens (including phenoxy) is 1. The maximum Gasteiger partial charge on any atom is 0.126 e. The van der Waals surface area contributed by atoms with E-state index in [1.54, 1.807) is 19.1 Å². The van der Waals surface area contributed by atoms with Crippen LogP contribution in [0.3, 0.4) is 0 Å². The van der Waals surface area contributed by atoms with Crippen LogP contribution in [0.25, 0.3) is 0 Å². The molecule has 1 aromatic carbocycles. The number of unbranched alkanes of at least 4 members (excludes halogenated alkanes) is 3. The summed E-state index contributed by atoms with van der Waals surface area (Å²) in [5.74, 6) is 0.602. The zero-order chi connectivity index (χ0) is 13.5. The highest BCUT2D eigenvalue weighted by molar-refractivity contribution is 5.28. The molecule has 0 aliphatic heterocycles. The van der Waals surface area contributed by atoms with Crippen molar-refractivity contribution in [3.8, 4) is 5.75 Å². The Morgan fingerprint density at radius 2 is 2.00 bits per heavy atom. The fourth-order valence-corrected chi connectivity index (χ4v) is 2.07. The van der Waals surface area contributed by atoms with Crippen LogP contribution in [0.15, 0.2) is 18.2 Å². The van der Waals surface area contributed by atoms with Gasteiger partial charge in [0.25, 0.3) is 0 Å². The molecule has 1 N–H and O–H groups in total. The molecule has 0 unspecified atom stereocenters.